The zero-order chi connectivity index (χ0) is 29.2. The Balaban J connectivity index is 0. The first-order valence-corrected chi connectivity index (χ1v) is 17.2. The van der Waals surface area contributed by atoms with Gasteiger partial charge in [-0.15, -0.1) is 0 Å². The maximum absolute atomic E-state index is 12.9. The van der Waals surface area contributed by atoms with Crippen LogP contribution in [0.15, 0.2) is 0 Å². The van der Waals surface area contributed by atoms with E-state index in [1.807, 2.05) is 0 Å². The van der Waals surface area contributed by atoms with Gasteiger partial charge in [-0.3, -0.25) is 9.59 Å². The second-order valence-electron chi connectivity index (χ2n) is 12.7. The van der Waals surface area contributed by atoms with Gasteiger partial charge in [0.15, 0.2) is 0 Å². The first-order chi connectivity index (χ1) is 18.7. The molecule has 5 heteroatoms. The van der Waals surface area contributed by atoms with Crippen LogP contribution >= 0.6 is 0 Å². The van der Waals surface area contributed by atoms with Crippen LogP contribution in [0.1, 0.15) is 202 Å². The van der Waals surface area contributed by atoms with Gasteiger partial charge in [0.05, 0.1) is 0 Å². The molecule has 0 radical (unpaired) electrons. The van der Waals surface area contributed by atoms with Crippen molar-refractivity contribution in [2.24, 2.45) is 0 Å². The summed E-state index contributed by atoms with van der Waals surface area (Å²) in [5.41, 5.74) is -0.976. The van der Waals surface area contributed by atoms with Crippen LogP contribution in [0.2, 0.25) is 0 Å². The number of ether oxygens (including phenoxy) is 2. The van der Waals surface area contributed by atoms with Gasteiger partial charge in [-0.25, -0.2) is 0 Å². The SMILES string of the molecule is CCCCCCCCCCC(C)(CCCC)OC(=O)CC(=O)OC(C)(CCCC)CCCCCCCCCC.[NaH]. The molecule has 0 N–H and O–H groups in total. The van der Waals surface area contributed by atoms with Crippen molar-refractivity contribution in [3.8, 4) is 0 Å². The molecule has 0 fully saturated rings. The third-order valence-electron chi connectivity index (χ3n) is 8.25. The summed E-state index contributed by atoms with van der Waals surface area (Å²) in [6.07, 6.45) is 27.6. The van der Waals surface area contributed by atoms with E-state index in [9.17, 15) is 9.59 Å². The first kappa shape index (κ1) is 42.1. The average molecular weight is 577 g/mol. The molecule has 0 aliphatic heterocycles. The molecule has 0 amide bonds. The first-order valence-electron chi connectivity index (χ1n) is 17.2. The van der Waals surface area contributed by atoms with Gasteiger partial charge in [0.1, 0.15) is 17.6 Å². The summed E-state index contributed by atoms with van der Waals surface area (Å²) in [7, 11) is 0. The average Bonchev–Trinajstić information content (AvgIpc) is 2.89. The van der Waals surface area contributed by atoms with Gasteiger partial charge >= 0.3 is 41.5 Å². The van der Waals surface area contributed by atoms with Crippen LogP contribution in [-0.4, -0.2) is 52.7 Å². The summed E-state index contributed by atoms with van der Waals surface area (Å²) in [6.45, 7) is 12.9. The zero-order valence-corrected chi connectivity index (χ0v) is 27.3. The molecule has 4 nitrogen and oxygen atoms in total. The second kappa shape index (κ2) is 27.8. The molecule has 0 aromatic rings. The van der Waals surface area contributed by atoms with Gasteiger partial charge in [-0.05, 0) is 65.2 Å². The fraction of sp³-hybridized carbons (Fsp3) is 0.943. The number of hydrogen-bond acceptors (Lipinski definition) is 4. The second-order valence-corrected chi connectivity index (χ2v) is 12.7. The molecule has 0 aliphatic carbocycles. The van der Waals surface area contributed by atoms with E-state index in [0.29, 0.717) is 0 Å². The third-order valence-corrected chi connectivity index (χ3v) is 8.25. The van der Waals surface area contributed by atoms with Crippen LogP contribution in [-0.2, 0) is 19.1 Å². The minimum absolute atomic E-state index is 0. The minimum atomic E-state index is -0.488. The van der Waals surface area contributed by atoms with Crippen LogP contribution in [0.25, 0.3) is 0 Å². The number of hydrogen-bond donors (Lipinski definition) is 0. The Morgan fingerprint density at radius 3 is 0.975 bits per heavy atom. The van der Waals surface area contributed by atoms with E-state index in [0.717, 1.165) is 64.2 Å². The summed E-state index contributed by atoms with van der Waals surface area (Å²) < 4.78 is 12.0. The van der Waals surface area contributed by atoms with E-state index in [1.165, 1.54) is 89.9 Å². The monoisotopic (exact) mass is 577 g/mol. The van der Waals surface area contributed by atoms with Crippen molar-refractivity contribution in [3.63, 3.8) is 0 Å². The maximum atomic E-state index is 12.9. The third kappa shape index (κ3) is 24.5. The van der Waals surface area contributed by atoms with E-state index >= 15 is 0 Å². The number of carbonyl (C=O) groups is 2. The molecule has 0 aromatic heterocycles. The van der Waals surface area contributed by atoms with E-state index in [4.69, 9.17) is 9.47 Å². The molecule has 0 aromatic carbocycles. The van der Waals surface area contributed by atoms with E-state index < -0.39 is 23.1 Å². The molecule has 0 saturated heterocycles. The van der Waals surface area contributed by atoms with Gasteiger partial charge < -0.3 is 9.47 Å². The van der Waals surface area contributed by atoms with Crippen molar-refractivity contribution >= 4 is 41.5 Å². The van der Waals surface area contributed by atoms with Crippen LogP contribution in [0.4, 0.5) is 0 Å². The predicted molar refractivity (Wildman–Crippen MR) is 174 cm³/mol. The molecule has 0 spiro atoms. The van der Waals surface area contributed by atoms with Crippen LogP contribution < -0.4 is 0 Å². The number of carbonyl (C=O) groups excluding carboxylic acids is 2. The zero-order valence-electron chi connectivity index (χ0n) is 27.3. The topological polar surface area (TPSA) is 52.6 Å². The van der Waals surface area contributed by atoms with E-state index in [-0.39, 0.29) is 36.0 Å². The van der Waals surface area contributed by atoms with Gasteiger partial charge in [0.25, 0.3) is 0 Å². The van der Waals surface area contributed by atoms with Crippen molar-refractivity contribution < 1.29 is 19.1 Å². The Hall–Kier alpha value is -0.0600. The normalized spacial score (nSPS) is 14.2. The Kier molecular flexibility index (Phi) is 29.2. The molecular weight excluding hydrogens is 507 g/mol. The summed E-state index contributed by atoms with van der Waals surface area (Å²) in [5.74, 6) is -0.855. The Bertz CT molecular complexity index is 546. The van der Waals surface area contributed by atoms with E-state index in [2.05, 4.69) is 41.5 Å². The van der Waals surface area contributed by atoms with Crippen molar-refractivity contribution in [1.82, 2.24) is 0 Å². The van der Waals surface area contributed by atoms with Crippen LogP contribution in [0.5, 0.6) is 0 Å². The summed E-state index contributed by atoms with van der Waals surface area (Å²) in [5, 5.41) is 0. The number of unbranched alkanes of at least 4 members (excludes halogenated alkanes) is 16. The molecule has 40 heavy (non-hydrogen) atoms. The van der Waals surface area contributed by atoms with E-state index in [1.54, 1.807) is 0 Å². The number of esters is 2. The van der Waals surface area contributed by atoms with Crippen molar-refractivity contribution in [1.29, 1.82) is 0 Å². The quantitative estimate of drug-likeness (QED) is 0.0402. The van der Waals surface area contributed by atoms with Gasteiger partial charge in [-0.2, -0.15) is 0 Å². The standard InChI is InChI=1S/C35H68O4.Na.H/c1-7-11-15-17-19-21-23-25-29-34(5,27-13-9-3)38-32(36)31-33(37)39-35(6,28-14-10-4)30-26-24-22-20-18-16-12-8-2;;/h7-31H2,1-6H3;;. The van der Waals surface area contributed by atoms with Gasteiger partial charge in [0.2, 0.25) is 0 Å². The molecule has 234 valence electrons. The fourth-order valence-corrected chi connectivity index (χ4v) is 5.56. The Morgan fingerprint density at radius 1 is 0.425 bits per heavy atom. The Morgan fingerprint density at radius 2 is 0.675 bits per heavy atom. The summed E-state index contributed by atoms with van der Waals surface area (Å²) in [4.78, 5) is 25.7. The molecule has 0 aliphatic rings. The van der Waals surface area contributed by atoms with Gasteiger partial charge in [-0.1, -0.05) is 130 Å². The van der Waals surface area contributed by atoms with Gasteiger partial charge in [0, 0.05) is 0 Å². The fourth-order valence-electron chi connectivity index (χ4n) is 5.56. The van der Waals surface area contributed by atoms with Crippen molar-refractivity contribution in [2.75, 3.05) is 0 Å². The van der Waals surface area contributed by atoms with Crippen molar-refractivity contribution in [2.45, 2.75) is 213 Å². The van der Waals surface area contributed by atoms with Crippen molar-refractivity contribution in [3.05, 3.63) is 0 Å². The summed E-state index contributed by atoms with van der Waals surface area (Å²) in [6, 6.07) is 0. The predicted octanol–water partition coefficient (Wildman–Crippen LogP) is 10.8. The molecule has 0 bridgehead atoms. The molecule has 2 atom stereocenters. The molecule has 0 saturated carbocycles. The van der Waals surface area contributed by atoms with Crippen LogP contribution in [0.3, 0.4) is 0 Å². The molecule has 0 rings (SSSR count). The number of rotatable bonds is 28. The molecule has 0 heterocycles. The van der Waals surface area contributed by atoms with Crippen LogP contribution in [0, 0.1) is 0 Å². The molecule has 2 unspecified atom stereocenters. The summed E-state index contributed by atoms with van der Waals surface area (Å²) >= 11 is 0. The Labute approximate surface area is 272 Å². The molecular formula is C35H69NaO4.